The zero-order chi connectivity index (χ0) is 13.8. The maximum absolute atomic E-state index is 11.7. The summed E-state index contributed by atoms with van der Waals surface area (Å²) in [7, 11) is 0. The van der Waals surface area contributed by atoms with Crippen molar-refractivity contribution in [2.24, 2.45) is 0 Å². The molecular weight excluding hydrogens is 287 g/mol. The minimum Gasteiger partial charge on any atom is -0.465 e. The molecule has 0 N–H and O–H groups in total. The SMILES string of the molecule is CCOC(=O)Cn1c(CCCl)nc2ccc(Cl)cc21. The van der Waals surface area contributed by atoms with E-state index in [1.807, 2.05) is 10.6 Å². The van der Waals surface area contributed by atoms with E-state index in [1.165, 1.54) is 0 Å². The van der Waals surface area contributed by atoms with Crippen LogP contribution in [0.2, 0.25) is 5.02 Å². The van der Waals surface area contributed by atoms with Gasteiger partial charge in [0.05, 0.1) is 17.6 Å². The third-order valence-corrected chi connectivity index (χ3v) is 3.12. The summed E-state index contributed by atoms with van der Waals surface area (Å²) >= 11 is 11.8. The fourth-order valence-corrected chi connectivity index (χ4v) is 2.27. The van der Waals surface area contributed by atoms with Crippen molar-refractivity contribution in [3.63, 3.8) is 0 Å². The number of alkyl halides is 1. The van der Waals surface area contributed by atoms with Crippen LogP contribution in [-0.4, -0.2) is 28.0 Å². The molecule has 1 heterocycles. The summed E-state index contributed by atoms with van der Waals surface area (Å²) in [6.07, 6.45) is 0.591. The molecule has 0 spiro atoms. The van der Waals surface area contributed by atoms with Gasteiger partial charge < -0.3 is 9.30 Å². The second-order valence-corrected chi connectivity index (χ2v) is 4.81. The van der Waals surface area contributed by atoms with Gasteiger partial charge in [0.1, 0.15) is 12.4 Å². The topological polar surface area (TPSA) is 44.1 Å². The highest BCUT2D eigenvalue weighted by Crippen LogP contribution is 2.21. The highest BCUT2D eigenvalue weighted by molar-refractivity contribution is 6.31. The van der Waals surface area contributed by atoms with Crippen LogP contribution in [0.25, 0.3) is 11.0 Å². The Morgan fingerprint density at radius 1 is 1.47 bits per heavy atom. The molecule has 0 unspecified atom stereocenters. The van der Waals surface area contributed by atoms with Crippen molar-refractivity contribution >= 4 is 40.2 Å². The predicted molar refractivity (Wildman–Crippen MR) is 75.8 cm³/mol. The lowest BCUT2D eigenvalue weighted by molar-refractivity contribution is -0.143. The van der Waals surface area contributed by atoms with Gasteiger partial charge in [0.2, 0.25) is 0 Å². The van der Waals surface area contributed by atoms with Crippen LogP contribution in [-0.2, 0) is 22.5 Å². The molecule has 6 heteroatoms. The van der Waals surface area contributed by atoms with E-state index >= 15 is 0 Å². The Morgan fingerprint density at radius 2 is 2.26 bits per heavy atom. The highest BCUT2D eigenvalue weighted by Gasteiger charge is 2.14. The van der Waals surface area contributed by atoms with Gasteiger partial charge in [0.25, 0.3) is 0 Å². The molecule has 4 nitrogen and oxygen atoms in total. The molecule has 19 heavy (non-hydrogen) atoms. The number of nitrogens with zero attached hydrogens (tertiary/aromatic N) is 2. The van der Waals surface area contributed by atoms with Crippen LogP contribution in [0.1, 0.15) is 12.7 Å². The molecule has 0 saturated carbocycles. The van der Waals surface area contributed by atoms with E-state index in [0.29, 0.717) is 23.9 Å². The van der Waals surface area contributed by atoms with E-state index in [1.54, 1.807) is 19.1 Å². The number of hydrogen-bond acceptors (Lipinski definition) is 3. The van der Waals surface area contributed by atoms with Crippen LogP contribution < -0.4 is 0 Å². The minimum absolute atomic E-state index is 0.122. The molecule has 1 aromatic heterocycles. The Morgan fingerprint density at radius 3 is 2.95 bits per heavy atom. The molecule has 0 radical (unpaired) electrons. The number of esters is 1. The highest BCUT2D eigenvalue weighted by atomic mass is 35.5. The minimum atomic E-state index is -0.294. The number of carbonyl (C=O) groups is 1. The van der Waals surface area contributed by atoms with Crippen molar-refractivity contribution in [2.45, 2.75) is 19.9 Å². The van der Waals surface area contributed by atoms with Crippen LogP contribution >= 0.6 is 23.2 Å². The van der Waals surface area contributed by atoms with Crippen molar-refractivity contribution in [3.8, 4) is 0 Å². The number of imidazole rings is 1. The Kier molecular flexibility index (Phi) is 4.66. The van der Waals surface area contributed by atoms with Crippen LogP contribution in [0.4, 0.5) is 0 Å². The van der Waals surface area contributed by atoms with Crippen LogP contribution in [0.15, 0.2) is 18.2 Å². The first-order chi connectivity index (χ1) is 9.15. The first-order valence-corrected chi connectivity index (χ1v) is 6.93. The summed E-state index contributed by atoms with van der Waals surface area (Å²) in [4.78, 5) is 16.1. The molecule has 0 aliphatic rings. The molecule has 102 valence electrons. The Hall–Kier alpha value is -1.26. The van der Waals surface area contributed by atoms with E-state index in [2.05, 4.69) is 4.98 Å². The molecule has 0 aliphatic heterocycles. The standard InChI is InChI=1S/C13H14Cl2N2O2/c1-2-19-13(18)8-17-11-7-9(15)3-4-10(11)16-12(17)5-6-14/h3-4,7H,2,5-6,8H2,1H3. The van der Waals surface area contributed by atoms with Gasteiger partial charge in [-0.15, -0.1) is 11.6 Å². The fraction of sp³-hybridized carbons (Fsp3) is 0.385. The lowest BCUT2D eigenvalue weighted by Crippen LogP contribution is -2.15. The molecule has 2 aromatic rings. The maximum atomic E-state index is 11.7. The van der Waals surface area contributed by atoms with Gasteiger partial charge in [0, 0.05) is 17.3 Å². The number of ether oxygens (including phenoxy) is 1. The largest absolute Gasteiger partial charge is 0.465 e. The summed E-state index contributed by atoms with van der Waals surface area (Å²) in [5.41, 5.74) is 1.62. The van der Waals surface area contributed by atoms with Crippen molar-refractivity contribution in [1.82, 2.24) is 9.55 Å². The maximum Gasteiger partial charge on any atom is 0.326 e. The van der Waals surface area contributed by atoms with E-state index in [9.17, 15) is 4.79 Å². The lowest BCUT2D eigenvalue weighted by atomic mass is 10.3. The molecule has 0 bridgehead atoms. The molecular formula is C13H14Cl2N2O2. The molecule has 0 aliphatic carbocycles. The summed E-state index contributed by atoms with van der Waals surface area (Å²) in [6.45, 7) is 2.26. The number of halogens is 2. The number of aromatic nitrogens is 2. The Balaban J connectivity index is 2.44. The number of benzene rings is 1. The second-order valence-electron chi connectivity index (χ2n) is 3.99. The van der Waals surface area contributed by atoms with Crippen LogP contribution in [0, 0.1) is 0 Å². The third-order valence-electron chi connectivity index (χ3n) is 2.70. The molecule has 0 saturated heterocycles. The Labute approximate surface area is 121 Å². The fourth-order valence-electron chi connectivity index (χ4n) is 1.93. The van der Waals surface area contributed by atoms with E-state index in [4.69, 9.17) is 27.9 Å². The van der Waals surface area contributed by atoms with Crippen molar-refractivity contribution in [3.05, 3.63) is 29.0 Å². The number of fused-ring (bicyclic) bond motifs is 1. The van der Waals surface area contributed by atoms with E-state index in [-0.39, 0.29) is 12.5 Å². The van der Waals surface area contributed by atoms with Gasteiger partial charge >= 0.3 is 5.97 Å². The number of rotatable bonds is 5. The van der Waals surface area contributed by atoms with Crippen molar-refractivity contribution in [2.75, 3.05) is 12.5 Å². The Bertz CT molecular complexity index is 596. The van der Waals surface area contributed by atoms with E-state index < -0.39 is 0 Å². The summed E-state index contributed by atoms with van der Waals surface area (Å²) in [6, 6.07) is 5.40. The van der Waals surface area contributed by atoms with Crippen LogP contribution in [0.5, 0.6) is 0 Å². The van der Waals surface area contributed by atoms with E-state index in [0.717, 1.165) is 16.9 Å². The average molecular weight is 301 g/mol. The van der Waals surface area contributed by atoms with Crippen LogP contribution in [0.3, 0.4) is 0 Å². The monoisotopic (exact) mass is 300 g/mol. The third kappa shape index (κ3) is 3.19. The first kappa shape index (κ1) is 14.2. The number of aryl methyl sites for hydroxylation is 1. The second kappa shape index (κ2) is 6.26. The van der Waals surface area contributed by atoms with Gasteiger partial charge in [-0.3, -0.25) is 4.79 Å². The van der Waals surface area contributed by atoms with Gasteiger partial charge in [0.15, 0.2) is 0 Å². The van der Waals surface area contributed by atoms with Gasteiger partial charge in [-0.25, -0.2) is 4.98 Å². The molecule has 0 amide bonds. The summed E-state index contributed by atoms with van der Waals surface area (Å²) < 4.78 is 6.78. The zero-order valence-corrected chi connectivity index (χ0v) is 12.0. The number of carbonyl (C=O) groups excluding carboxylic acids is 1. The van der Waals surface area contributed by atoms with Crippen molar-refractivity contribution in [1.29, 1.82) is 0 Å². The average Bonchev–Trinajstić information content (AvgIpc) is 2.68. The molecule has 2 rings (SSSR count). The molecule has 0 fully saturated rings. The van der Waals surface area contributed by atoms with Gasteiger partial charge in [-0.1, -0.05) is 11.6 Å². The predicted octanol–water partition coefficient (Wildman–Crippen LogP) is 3.03. The number of hydrogen-bond donors (Lipinski definition) is 0. The van der Waals surface area contributed by atoms with Gasteiger partial charge in [-0.2, -0.15) is 0 Å². The molecule has 1 aromatic carbocycles. The first-order valence-electron chi connectivity index (χ1n) is 6.02. The normalized spacial score (nSPS) is 10.9. The van der Waals surface area contributed by atoms with Gasteiger partial charge in [-0.05, 0) is 25.1 Å². The van der Waals surface area contributed by atoms with Crippen molar-refractivity contribution < 1.29 is 9.53 Å². The lowest BCUT2D eigenvalue weighted by Gasteiger charge is -2.08. The quantitative estimate of drug-likeness (QED) is 0.630. The zero-order valence-electron chi connectivity index (χ0n) is 10.5. The summed E-state index contributed by atoms with van der Waals surface area (Å²) in [5.74, 6) is 0.915. The molecule has 0 atom stereocenters. The summed E-state index contributed by atoms with van der Waals surface area (Å²) in [5, 5.41) is 0.606. The smallest absolute Gasteiger partial charge is 0.326 e.